The van der Waals surface area contributed by atoms with Gasteiger partial charge >= 0.3 is 0 Å². The third kappa shape index (κ3) is 7.13. The van der Waals surface area contributed by atoms with E-state index >= 15 is 8.78 Å². The number of hydrogen-bond donors (Lipinski definition) is 1. The number of H-pyrrole nitrogens is 1. The molecule has 1 aromatic heterocycles. The van der Waals surface area contributed by atoms with Crippen molar-refractivity contribution in [1.82, 2.24) is 24.6 Å². The first kappa shape index (κ1) is 42.5. The van der Waals surface area contributed by atoms with Crippen LogP contribution < -0.4 is 4.90 Å². The molecule has 3 fully saturated rings. The van der Waals surface area contributed by atoms with Crippen LogP contribution in [0.3, 0.4) is 0 Å². The normalized spacial score (nSPS) is 22.8. The third-order valence-electron chi connectivity index (χ3n) is 15.2. The van der Waals surface area contributed by atoms with Gasteiger partial charge in [0, 0.05) is 97.0 Å². The molecule has 2 saturated heterocycles. The molecule has 15 heteroatoms. The fraction of sp³-hybridized carbons (Fsp3) is 0.490. The number of fused-ring (bicyclic) bond motifs is 5. The van der Waals surface area contributed by atoms with E-state index in [0.29, 0.717) is 81.0 Å². The summed E-state index contributed by atoms with van der Waals surface area (Å²) in [7, 11) is 0. The van der Waals surface area contributed by atoms with Crippen LogP contribution in [0.2, 0.25) is 0 Å². The Morgan fingerprint density at radius 3 is 2.11 bits per heavy atom. The lowest BCUT2D eigenvalue weighted by Crippen LogP contribution is -2.64. The SMILES string of the molecule is CC(=O)CCC(C(C)=O)N1C(=O)c2cc3c(cc2C1=O)CN(C1CCN(C(=O)C2CC4(C2)CN(c2cc(F)c(C5c6[nH]c7ccccc7c6C[C@@H](C)N5CC(F)F)c(F)c2)C4)CC1)C3. The summed E-state index contributed by atoms with van der Waals surface area (Å²) in [5.41, 5.74) is 4.83. The van der Waals surface area contributed by atoms with E-state index in [2.05, 4.69) is 9.88 Å². The van der Waals surface area contributed by atoms with Crippen molar-refractivity contribution in [2.24, 2.45) is 11.3 Å². The number of imide groups is 1. The summed E-state index contributed by atoms with van der Waals surface area (Å²) in [6, 6.07) is 11.6. The standard InChI is InChI=1S/C49H52F4N6O5/c1-26-14-35-34-6-4-5-7-40(34)54-44(35)45(58(26)23-42(52)53)43-38(50)17-33(18-39(43)51)57-24-49(25-57)19-31(20-49)46(62)55-12-10-32(11-13-55)56-21-29-15-36-37(16-30(29)22-56)48(64)59(47(36)63)41(28(3)61)9-8-27(2)60/h4-7,15-18,26,31-32,41-42,45,54H,8-14,19-25H2,1-3H3/t26-,41?,45?/m1/s1. The van der Waals surface area contributed by atoms with Gasteiger partial charge in [0.2, 0.25) is 5.91 Å². The molecule has 1 aliphatic carbocycles. The van der Waals surface area contributed by atoms with Gasteiger partial charge in [0.1, 0.15) is 17.4 Å². The molecular formula is C49H52F4N6O5. The molecule has 1 N–H and O–H groups in total. The molecule has 6 aliphatic rings. The molecule has 2 unspecified atom stereocenters. The van der Waals surface area contributed by atoms with E-state index in [1.165, 1.54) is 30.9 Å². The Morgan fingerprint density at radius 2 is 1.52 bits per heavy atom. The maximum atomic E-state index is 16.2. The van der Waals surface area contributed by atoms with Gasteiger partial charge in [0.05, 0.1) is 29.8 Å². The lowest BCUT2D eigenvalue weighted by molar-refractivity contribution is -0.146. The van der Waals surface area contributed by atoms with Gasteiger partial charge in [-0.05, 0) is 106 Å². The number of benzene rings is 3. The Kier molecular flexibility index (Phi) is 10.6. The number of alkyl halides is 2. The average molecular weight is 881 g/mol. The summed E-state index contributed by atoms with van der Waals surface area (Å²) < 4.78 is 60.3. The second-order valence-corrected chi connectivity index (χ2v) is 19.4. The van der Waals surface area contributed by atoms with Gasteiger partial charge in [-0.15, -0.1) is 0 Å². The van der Waals surface area contributed by atoms with E-state index < -0.39 is 48.5 Å². The molecule has 336 valence electrons. The summed E-state index contributed by atoms with van der Waals surface area (Å²) in [6.07, 6.45) is 1.01. The molecule has 11 nitrogen and oxygen atoms in total. The molecular weight excluding hydrogens is 829 g/mol. The number of piperidine rings is 1. The topological polar surface area (TPSA) is 117 Å². The van der Waals surface area contributed by atoms with Crippen LogP contribution in [0.25, 0.3) is 10.9 Å². The zero-order valence-corrected chi connectivity index (χ0v) is 36.3. The summed E-state index contributed by atoms with van der Waals surface area (Å²) in [6.45, 7) is 7.59. The highest BCUT2D eigenvalue weighted by atomic mass is 19.3. The number of halogens is 4. The maximum Gasteiger partial charge on any atom is 0.262 e. The molecule has 4 aromatic rings. The van der Waals surface area contributed by atoms with Crippen molar-refractivity contribution < 1.29 is 41.5 Å². The first-order chi connectivity index (χ1) is 30.6. The van der Waals surface area contributed by atoms with Crippen molar-refractivity contribution in [3.05, 3.63) is 99.2 Å². The number of rotatable bonds is 11. The van der Waals surface area contributed by atoms with Crippen LogP contribution >= 0.6 is 0 Å². The van der Waals surface area contributed by atoms with Crippen molar-refractivity contribution in [3.8, 4) is 0 Å². The smallest absolute Gasteiger partial charge is 0.262 e. The highest BCUT2D eigenvalue weighted by Crippen LogP contribution is 2.54. The molecule has 3 atom stereocenters. The predicted molar refractivity (Wildman–Crippen MR) is 230 cm³/mol. The van der Waals surface area contributed by atoms with Crippen LogP contribution in [-0.2, 0) is 33.9 Å². The van der Waals surface area contributed by atoms with Crippen LogP contribution in [0.15, 0.2) is 48.5 Å². The average Bonchev–Trinajstić information content (AvgIpc) is 3.88. The maximum absolute atomic E-state index is 16.2. The summed E-state index contributed by atoms with van der Waals surface area (Å²) in [5, 5.41) is 0.924. The molecule has 10 rings (SSSR count). The Balaban J connectivity index is 0.737. The van der Waals surface area contributed by atoms with Crippen molar-refractivity contribution >= 4 is 45.9 Å². The van der Waals surface area contributed by atoms with E-state index in [9.17, 15) is 32.8 Å². The number of para-hydroxylation sites is 1. The number of nitrogens with one attached hydrogen (secondary N) is 1. The lowest BCUT2D eigenvalue weighted by atomic mass is 9.57. The van der Waals surface area contributed by atoms with Gasteiger partial charge in [0.25, 0.3) is 18.2 Å². The van der Waals surface area contributed by atoms with Gasteiger partial charge in [-0.2, -0.15) is 0 Å². The van der Waals surface area contributed by atoms with E-state index in [1.807, 2.05) is 41.0 Å². The second-order valence-electron chi connectivity index (χ2n) is 19.4. The second kappa shape index (κ2) is 15.9. The number of hydrogen-bond acceptors (Lipinski definition) is 8. The fourth-order valence-electron chi connectivity index (χ4n) is 11.9. The molecule has 0 bridgehead atoms. The third-order valence-corrected chi connectivity index (χ3v) is 15.2. The Morgan fingerprint density at radius 1 is 0.891 bits per heavy atom. The minimum atomic E-state index is -2.68. The Bertz CT molecular complexity index is 2540. The minimum Gasteiger partial charge on any atom is -0.370 e. The largest absolute Gasteiger partial charge is 0.370 e. The summed E-state index contributed by atoms with van der Waals surface area (Å²) in [5.74, 6) is -2.96. The van der Waals surface area contributed by atoms with E-state index in [-0.39, 0.29) is 59.3 Å². The van der Waals surface area contributed by atoms with Gasteiger partial charge in [-0.1, -0.05) is 18.2 Å². The summed E-state index contributed by atoms with van der Waals surface area (Å²) in [4.78, 5) is 76.8. The minimum absolute atomic E-state index is 0.0979. The van der Waals surface area contributed by atoms with Crippen molar-refractivity contribution in [2.45, 2.75) is 109 Å². The van der Waals surface area contributed by atoms with Crippen LogP contribution in [-0.4, -0.2) is 111 Å². The molecule has 3 aromatic carbocycles. The number of amides is 3. The van der Waals surface area contributed by atoms with Gasteiger partial charge in [-0.3, -0.25) is 33.9 Å². The number of likely N-dealkylation sites (tertiary alicyclic amines) is 1. The van der Waals surface area contributed by atoms with Crippen LogP contribution in [0.4, 0.5) is 23.2 Å². The summed E-state index contributed by atoms with van der Waals surface area (Å²) >= 11 is 0. The number of carbonyl (C=O) groups excluding carboxylic acids is 5. The number of aromatic nitrogens is 1. The van der Waals surface area contributed by atoms with Crippen LogP contribution in [0, 0.1) is 23.0 Å². The highest BCUT2D eigenvalue weighted by Gasteiger charge is 2.55. The van der Waals surface area contributed by atoms with Crippen LogP contribution in [0.5, 0.6) is 0 Å². The van der Waals surface area contributed by atoms with Crippen molar-refractivity contribution in [2.75, 3.05) is 37.6 Å². The van der Waals surface area contributed by atoms with E-state index in [4.69, 9.17) is 0 Å². The molecule has 1 spiro atoms. The first-order valence-electron chi connectivity index (χ1n) is 22.5. The Labute approximate surface area is 368 Å². The molecule has 0 radical (unpaired) electrons. The first-order valence-corrected chi connectivity index (χ1v) is 22.5. The zero-order valence-electron chi connectivity index (χ0n) is 36.3. The molecule has 3 amide bonds. The van der Waals surface area contributed by atoms with Gasteiger partial charge in [0.15, 0.2) is 5.78 Å². The van der Waals surface area contributed by atoms with Crippen molar-refractivity contribution in [1.29, 1.82) is 0 Å². The monoisotopic (exact) mass is 880 g/mol. The molecule has 1 saturated carbocycles. The molecule has 5 aliphatic heterocycles. The predicted octanol–water partition coefficient (Wildman–Crippen LogP) is 7.19. The van der Waals surface area contributed by atoms with E-state index in [1.54, 1.807) is 12.1 Å². The zero-order chi connectivity index (χ0) is 44.9. The number of anilines is 1. The lowest BCUT2D eigenvalue weighted by Gasteiger charge is -2.60. The van der Waals surface area contributed by atoms with Gasteiger partial charge < -0.3 is 19.6 Å². The fourth-order valence-corrected chi connectivity index (χ4v) is 11.9. The number of nitrogens with zero attached hydrogens (tertiary/aromatic N) is 5. The van der Waals surface area contributed by atoms with Gasteiger partial charge in [-0.25, -0.2) is 17.6 Å². The number of Topliss-reactive ketones (excluding diaryl/α,β-unsaturated/α-hetero) is 2. The highest BCUT2D eigenvalue weighted by molar-refractivity contribution is 6.23. The number of ketones is 2. The molecule has 6 heterocycles. The number of aromatic amines is 1. The number of carbonyl (C=O) groups is 5. The Hall–Kier alpha value is -5.41. The van der Waals surface area contributed by atoms with Crippen LogP contribution in [0.1, 0.15) is 114 Å². The van der Waals surface area contributed by atoms with Crippen molar-refractivity contribution in [3.63, 3.8) is 0 Å². The van der Waals surface area contributed by atoms with E-state index in [0.717, 1.165) is 45.3 Å². The molecule has 64 heavy (non-hydrogen) atoms. The quantitative estimate of drug-likeness (QED) is 0.124.